The van der Waals surface area contributed by atoms with Crippen molar-refractivity contribution in [2.75, 3.05) is 21.7 Å². The van der Waals surface area contributed by atoms with Crippen molar-refractivity contribution in [3.05, 3.63) is 68.3 Å². The quantitative estimate of drug-likeness (QED) is 0.138. The minimum atomic E-state index is -4.88. The maximum atomic E-state index is 13.4. The molecule has 0 atom stereocenters. The molecule has 0 bridgehead atoms. The molecule has 0 aliphatic heterocycles. The Morgan fingerprint density at radius 1 is 0.919 bits per heavy atom. The number of hydrogen-bond acceptors (Lipinski definition) is 8. The molecule has 0 saturated carbocycles. The summed E-state index contributed by atoms with van der Waals surface area (Å²) >= 11 is 6.13. The maximum absolute atomic E-state index is 13.4. The van der Waals surface area contributed by atoms with Crippen LogP contribution in [0.1, 0.15) is 5.56 Å². The largest absolute Gasteiger partial charge is 0.416 e. The van der Waals surface area contributed by atoms with Gasteiger partial charge in [0.2, 0.25) is 13.1 Å². The number of alkyl halides is 3. The number of benzene rings is 1. The average Bonchev–Trinajstić information content (AvgIpc) is 3.38. The highest BCUT2D eigenvalue weighted by Crippen LogP contribution is 2.38. The SMILES string of the molecule is O=C(Cn1c[n+](N[N+](=O)[O-])cn1)Nc1cc(C(F)(F)F)cc(NC(=O)Cn2c[n+](N[N+](=O)[O-])cn2)c1Cl. The first-order valence-corrected chi connectivity index (χ1v) is 9.88. The standard InChI is InChI=1S/C15H12ClF3N12O6/c16-14-10(22-12(32)3-26-7-28(5-20-26)24-30(34)35)1-9(15(17,18)19)2-11(14)23-13(33)4-27-8-29(6-21-27)25-31(36)37/h1-2,5-8,24-25H,3-4H2/p+2. The molecule has 2 amide bonds. The summed E-state index contributed by atoms with van der Waals surface area (Å²) in [6, 6.07) is 1.10. The van der Waals surface area contributed by atoms with Crippen molar-refractivity contribution >= 4 is 34.8 Å². The summed E-state index contributed by atoms with van der Waals surface area (Å²) in [5.74, 6) is -1.79. The van der Waals surface area contributed by atoms with Gasteiger partial charge < -0.3 is 30.9 Å². The van der Waals surface area contributed by atoms with Gasteiger partial charge in [-0.1, -0.05) is 21.0 Å². The summed E-state index contributed by atoms with van der Waals surface area (Å²) in [7, 11) is 0. The van der Waals surface area contributed by atoms with Gasteiger partial charge in [-0.2, -0.15) is 13.2 Å². The molecular formula is C15H14ClF3N12O6+2. The molecule has 3 aromatic rings. The number of rotatable bonds is 10. The number of nitro groups is 2. The van der Waals surface area contributed by atoms with Crippen LogP contribution < -0.4 is 31.1 Å². The minimum Gasteiger partial charge on any atom is -0.339 e. The number of nitrogens with zero attached hydrogens (tertiary/aromatic N) is 8. The molecule has 0 aliphatic carbocycles. The molecule has 3 rings (SSSR count). The Bertz CT molecular complexity index is 1270. The number of amides is 2. The molecular weight excluding hydrogens is 537 g/mol. The van der Waals surface area contributed by atoms with Crippen LogP contribution in [0, 0.1) is 20.2 Å². The zero-order valence-corrected chi connectivity index (χ0v) is 18.7. The highest BCUT2D eigenvalue weighted by atomic mass is 35.5. The first kappa shape index (κ1) is 26.5. The molecule has 0 saturated heterocycles. The van der Waals surface area contributed by atoms with Gasteiger partial charge in [-0.15, -0.1) is 0 Å². The number of nitrogens with one attached hydrogen (secondary N) is 4. The van der Waals surface area contributed by atoms with Crippen molar-refractivity contribution in [3.8, 4) is 0 Å². The predicted molar refractivity (Wildman–Crippen MR) is 111 cm³/mol. The van der Waals surface area contributed by atoms with Crippen molar-refractivity contribution in [2.24, 2.45) is 0 Å². The number of aromatic nitrogens is 6. The predicted octanol–water partition coefficient (Wildman–Crippen LogP) is -0.925. The zero-order valence-electron chi connectivity index (χ0n) is 17.9. The lowest BCUT2D eigenvalue weighted by molar-refractivity contribution is -0.775. The van der Waals surface area contributed by atoms with Crippen molar-refractivity contribution in [3.63, 3.8) is 0 Å². The van der Waals surface area contributed by atoms with E-state index in [1.165, 1.54) is 0 Å². The van der Waals surface area contributed by atoms with Gasteiger partial charge in [-0.05, 0) is 32.6 Å². The van der Waals surface area contributed by atoms with Crippen molar-refractivity contribution in [1.29, 1.82) is 0 Å². The molecule has 1 aromatic carbocycles. The Hall–Kier alpha value is -5.08. The molecule has 37 heavy (non-hydrogen) atoms. The average molecular weight is 551 g/mol. The van der Waals surface area contributed by atoms with Gasteiger partial charge in [0.15, 0.2) is 0 Å². The highest BCUT2D eigenvalue weighted by molar-refractivity contribution is 6.37. The van der Waals surface area contributed by atoms with E-state index in [-0.39, 0.29) is 0 Å². The number of carbonyl (C=O) groups is 2. The van der Waals surface area contributed by atoms with Crippen LogP contribution >= 0.6 is 11.6 Å². The zero-order chi connectivity index (χ0) is 27.3. The smallest absolute Gasteiger partial charge is 0.339 e. The Morgan fingerprint density at radius 2 is 1.32 bits per heavy atom. The van der Waals surface area contributed by atoms with Crippen LogP contribution in [0.15, 0.2) is 37.4 Å². The van der Waals surface area contributed by atoms with E-state index in [1.54, 1.807) is 11.1 Å². The van der Waals surface area contributed by atoms with Gasteiger partial charge in [-0.3, -0.25) is 9.59 Å². The molecule has 0 fully saturated rings. The van der Waals surface area contributed by atoms with Crippen LogP contribution in [-0.4, -0.2) is 41.4 Å². The molecule has 196 valence electrons. The fourth-order valence-corrected chi connectivity index (χ4v) is 2.95. The van der Waals surface area contributed by atoms with E-state index in [4.69, 9.17) is 11.6 Å². The van der Waals surface area contributed by atoms with Crippen LogP contribution in [0.4, 0.5) is 24.5 Å². The third-order valence-corrected chi connectivity index (χ3v) is 4.52. The molecule has 0 unspecified atom stereocenters. The second kappa shape index (κ2) is 10.7. The first-order valence-electron chi connectivity index (χ1n) is 9.50. The molecule has 4 N–H and O–H groups in total. The minimum absolute atomic E-state index is 0.439. The topological polar surface area (TPSA) is 212 Å². The lowest BCUT2D eigenvalue weighted by Crippen LogP contribution is -2.46. The number of hydrazine groups is 2. The maximum Gasteiger partial charge on any atom is 0.416 e. The summed E-state index contributed by atoms with van der Waals surface area (Å²) in [6.45, 7) is -1.11. The van der Waals surface area contributed by atoms with Gasteiger partial charge >= 0.3 is 31.5 Å². The summed E-state index contributed by atoms with van der Waals surface area (Å²) in [5.41, 5.74) is 1.23. The van der Waals surface area contributed by atoms with Crippen LogP contribution in [0.2, 0.25) is 5.02 Å². The van der Waals surface area contributed by atoms with E-state index in [0.29, 0.717) is 12.1 Å². The number of anilines is 2. The number of carbonyl (C=O) groups excluding carboxylic acids is 2. The summed E-state index contributed by atoms with van der Waals surface area (Å²) in [5, 5.41) is 30.3. The van der Waals surface area contributed by atoms with E-state index < -0.39 is 63.1 Å². The van der Waals surface area contributed by atoms with E-state index >= 15 is 0 Å². The summed E-state index contributed by atoms with van der Waals surface area (Å²) < 4.78 is 43.8. The number of halogens is 4. The van der Waals surface area contributed by atoms with Crippen LogP contribution in [0.25, 0.3) is 0 Å². The van der Waals surface area contributed by atoms with Crippen LogP contribution in [0.3, 0.4) is 0 Å². The van der Waals surface area contributed by atoms with E-state index in [1.807, 2.05) is 0 Å². The van der Waals surface area contributed by atoms with Crippen molar-refractivity contribution < 1.29 is 42.2 Å². The monoisotopic (exact) mass is 550 g/mol. The molecule has 0 spiro atoms. The Morgan fingerprint density at radius 3 is 1.68 bits per heavy atom. The van der Waals surface area contributed by atoms with Gasteiger partial charge in [-0.25, -0.2) is 0 Å². The third-order valence-electron chi connectivity index (χ3n) is 4.12. The Labute approximate surface area is 206 Å². The first-order chi connectivity index (χ1) is 17.3. The normalized spacial score (nSPS) is 11.0. The highest BCUT2D eigenvalue weighted by Gasteiger charge is 2.33. The van der Waals surface area contributed by atoms with Crippen molar-refractivity contribution in [1.82, 2.24) is 19.6 Å². The molecule has 22 heteroatoms. The lowest BCUT2D eigenvalue weighted by atomic mass is 10.1. The molecule has 0 aliphatic rings. The fraction of sp³-hybridized carbons (Fsp3) is 0.200. The van der Waals surface area contributed by atoms with Crippen LogP contribution in [0.5, 0.6) is 0 Å². The fourth-order valence-electron chi connectivity index (χ4n) is 2.75. The van der Waals surface area contributed by atoms with Gasteiger partial charge in [0.1, 0.15) is 10.2 Å². The summed E-state index contributed by atoms with van der Waals surface area (Å²) in [4.78, 5) is 45.6. The van der Waals surface area contributed by atoms with E-state index in [9.17, 15) is 43.0 Å². The summed E-state index contributed by atoms with van der Waals surface area (Å²) in [6.07, 6.45) is -0.887. The molecule has 2 aromatic heterocycles. The van der Waals surface area contributed by atoms with Gasteiger partial charge in [0.05, 0.1) is 22.0 Å². The van der Waals surface area contributed by atoms with E-state index in [0.717, 1.165) is 44.0 Å². The lowest BCUT2D eigenvalue weighted by Gasteiger charge is -2.15. The van der Waals surface area contributed by atoms with Crippen molar-refractivity contribution in [2.45, 2.75) is 19.3 Å². The molecule has 0 radical (unpaired) electrons. The third kappa shape index (κ3) is 7.45. The molecule has 18 nitrogen and oxygen atoms in total. The Kier molecular flexibility index (Phi) is 7.65. The Balaban J connectivity index is 1.76. The van der Waals surface area contributed by atoms with Crippen LogP contribution in [-0.2, 0) is 28.9 Å². The second-order valence-corrected chi connectivity index (χ2v) is 7.27. The number of hydrogen-bond donors (Lipinski definition) is 4. The van der Waals surface area contributed by atoms with Gasteiger partial charge in [0, 0.05) is 10.1 Å². The van der Waals surface area contributed by atoms with Gasteiger partial charge in [0.25, 0.3) is 11.8 Å². The second-order valence-electron chi connectivity index (χ2n) is 6.90. The molecule has 2 heterocycles. The van der Waals surface area contributed by atoms with E-state index in [2.05, 4.69) is 20.8 Å².